The minimum atomic E-state index is 0.393. The van der Waals surface area contributed by atoms with Crippen LogP contribution in [0.25, 0.3) is 0 Å². The van der Waals surface area contributed by atoms with E-state index in [0.29, 0.717) is 28.4 Å². The molecule has 32 heavy (non-hydrogen) atoms. The first-order chi connectivity index (χ1) is 15.1. The van der Waals surface area contributed by atoms with Gasteiger partial charge in [0.15, 0.2) is 0 Å². The van der Waals surface area contributed by atoms with Gasteiger partial charge in [-0.15, -0.1) is 0 Å². The molecule has 0 saturated heterocycles. The number of aromatic hydroxyl groups is 1. The van der Waals surface area contributed by atoms with Crippen LogP contribution in [-0.4, -0.2) is 24.1 Å². The molecule has 1 N–H and O–H groups in total. The number of benzene rings is 2. The van der Waals surface area contributed by atoms with Crippen molar-refractivity contribution in [2.24, 2.45) is 22.7 Å². The number of nitrogens with zero attached hydrogens (tertiary/aromatic N) is 1. The molecule has 2 nitrogen and oxygen atoms in total. The van der Waals surface area contributed by atoms with Crippen molar-refractivity contribution in [1.29, 1.82) is 0 Å². The molecule has 3 aliphatic rings. The van der Waals surface area contributed by atoms with Crippen LogP contribution in [0.15, 0.2) is 36.4 Å². The minimum Gasteiger partial charge on any atom is -0.508 e. The van der Waals surface area contributed by atoms with E-state index in [9.17, 15) is 5.11 Å². The monoisotopic (exact) mass is 431 g/mol. The van der Waals surface area contributed by atoms with E-state index in [4.69, 9.17) is 0 Å². The van der Waals surface area contributed by atoms with Crippen LogP contribution in [0.3, 0.4) is 0 Å². The molecule has 172 valence electrons. The Morgan fingerprint density at radius 1 is 1.00 bits per heavy atom. The molecule has 0 aromatic heterocycles. The summed E-state index contributed by atoms with van der Waals surface area (Å²) in [6.07, 6.45) is 6.41. The molecule has 0 bridgehead atoms. The van der Waals surface area contributed by atoms with E-state index in [1.54, 1.807) is 0 Å². The van der Waals surface area contributed by atoms with Gasteiger partial charge in [-0.1, -0.05) is 51.1 Å². The molecule has 3 unspecified atom stereocenters. The van der Waals surface area contributed by atoms with Gasteiger partial charge in [-0.05, 0) is 122 Å². The fraction of sp³-hybridized carbons (Fsp3) is 0.600. The summed E-state index contributed by atoms with van der Waals surface area (Å²) in [6.45, 7) is 10.8. The molecule has 0 amide bonds. The van der Waals surface area contributed by atoms with Crippen LogP contribution in [0.5, 0.6) is 5.75 Å². The van der Waals surface area contributed by atoms with Gasteiger partial charge in [-0.2, -0.15) is 0 Å². The van der Waals surface area contributed by atoms with Crippen molar-refractivity contribution in [1.82, 2.24) is 4.90 Å². The molecule has 2 aromatic rings. The average molecular weight is 432 g/mol. The number of hydrogen-bond acceptors (Lipinski definition) is 2. The Hall–Kier alpha value is -1.80. The molecular formula is C30H41NO. The zero-order valence-corrected chi connectivity index (χ0v) is 20.9. The highest BCUT2D eigenvalue weighted by atomic mass is 16.3. The second-order valence-corrected chi connectivity index (χ2v) is 12.2. The molecule has 0 radical (unpaired) electrons. The molecule has 2 heteroatoms. The van der Waals surface area contributed by atoms with Gasteiger partial charge in [0.1, 0.15) is 5.75 Å². The molecule has 0 aliphatic heterocycles. The van der Waals surface area contributed by atoms with Gasteiger partial charge in [0, 0.05) is 6.54 Å². The third-order valence-corrected chi connectivity index (χ3v) is 10.1. The summed E-state index contributed by atoms with van der Waals surface area (Å²) in [7, 11) is 4.28. The third-order valence-electron chi connectivity index (χ3n) is 10.1. The molecule has 5 rings (SSSR count). The number of hydrogen-bond donors (Lipinski definition) is 1. The van der Waals surface area contributed by atoms with E-state index >= 15 is 0 Å². The fourth-order valence-corrected chi connectivity index (χ4v) is 7.98. The molecule has 0 spiro atoms. The summed E-state index contributed by atoms with van der Waals surface area (Å²) in [6, 6.07) is 13.8. The predicted octanol–water partition coefficient (Wildman–Crippen LogP) is 7.04. The highest BCUT2D eigenvalue weighted by Gasteiger charge is 2.60. The summed E-state index contributed by atoms with van der Waals surface area (Å²) in [4.78, 5) is 2.24. The first kappa shape index (κ1) is 22.0. The third kappa shape index (κ3) is 3.24. The van der Waals surface area contributed by atoms with Crippen LogP contribution < -0.4 is 0 Å². The van der Waals surface area contributed by atoms with E-state index < -0.39 is 0 Å². The van der Waals surface area contributed by atoms with Crippen LogP contribution in [0, 0.1) is 29.6 Å². The lowest BCUT2D eigenvalue weighted by Crippen LogP contribution is -2.48. The summed E-state index contributed by atoms with van der Waals surface area (Å²) >= 11 is 0. The van der Waals surface area contributed by atoms with Crippen molar-refractivity contribution in [2.75, 3.05) is 14.1 Å². The number of fused-ring (bicyclic) bond motifs is 5. The van der Waals surface area contributed by atoms with Gasteiger partial charge < -0.3 is 10.0 Å². The summed E-state index contributed by atoms with van der Waals surface area (Å²) in [5.74, 6) is 3.15. The maximum absolute atomic E-state index is 10.4. The SMILES string of the molecule is Cc1c(O)ccc2c1CCC1C2[C@@H](c2ccc(CN(C)C)cc2)C[C@@]2(C)C1CCC2(C)C. The van der Waals surface area contributed by atoms with Gasteiger partial charge in [0.2, 0.25) is 0 Å². The molecule has 3 aliphatic carbocycles. The summed E-state index contributed by atoms with van der Waals surface area (Å²) < 4.78 is 0. The number of phenols is 1. The molecule has 5 atom stereocenters. The van der Waals surface area contributed by atoms with Crippen molar-refractivity contribution in [3.63, 3.8) is 0 Å². The fourth-order valence-electron chi connectivity index (χ4n) is 7.98. The van der Waals surface area contributed by atoms with Crippen molar-refractivity contribution < 1.29 is 5.11 Å². The zero-order valence-electron chi connectivity index (χ0n) is 20.9. The normalized spacial score (nSPS) is 33.0. The Morgan fingerprint density at radius 3 is 2.41 bits per heavy atom. The smallest absolute Gasteiger partial charge is 0.118 e. The van der Waals surface area contributed by atoms with E-state index in [0.717, 1.165) is 30.4 Å². The van der Waals surface area contributed by atoms with Crippen LogP contribution in [0.4, 0.5) is 0 Å². The van der Waals surface area contributed by atoms with Gasteiger partial charge in [-0.25, -0.2) is 0 Å². The predicted molar refractivity (Wildman–Crippen MR) is 133 cm³/mol. The topological polar surface area (TPSA) is 23.5 Å². The summed E-state index contributed by atoms with van der Waals surface area (Å²) in [5.41, 5.74) is 7.78. The first-order valence-corrected chi connectivity index (χ1v) is 12.7. The highest BCUT2D eigenvalue weighted by molar-refractivity contribution is 5.49. The Kier molecular flexibility index (Phi) is 5.24. The Balaban J connectivity index is 1.62. The van der Waals surface area contributed by atoms with Crippen LogP contribution in [0.2, 0.25) is 0 Å². The zero-order chi connectivity index (χ0) is 22.8. The van der Waals surface area contributed by atoms with Crippen LogP contribution in [-0.2, 0) is 13.0 Å². The Bertz CT molecular complexity index is 1000. The number of rotatable bonds is 3. The van der Waals surface area contributed by atoms with Crippen LogP contribution >= 0.6 is 0 Å². The van der Waals surface area contributed by atoms with E-state index in [2.05, 4.69) is 77.0 Å². The second kappa shape index (κ2) is 7.62. The highest BCUT2D eigenvalue weighted by Crippen LogP contribution is 2.70. The average Bonchev–Trinajstić information content (AvgIpc) is 2.99. The number of phenolic OH excluding ortho intramolecular Hbond substituents is 1. The maximum atomic E-state index is 10.4. The Morgan fingerprint density at radius 2 is 1.72 bits per heavy atom. The van der Waals surface area contributed by atoms with E-state index in [1.807, 2.05) is 6.07 Å². The first-order valence-electron chi connectivity index (χ1n) is 12.7. The largest absolute Gasteiger partial charge is 0.508 e. The maximum Gasteiger partial charge on any atom is 0.118 e. The van der Waals surface area contributed by atoms with Crippen molar-refractivity contribution >= 4 is 0 Å². The van der Waals surface area contributed by atoms with E-state index in [1.165, 1.54) is 47.9 Å². The lowest BCUT2D eigenvalue weighted by molar-refractivity contribution is -0.0207. The van der Waals surface area contributed by atoms with Crippen LogP contribution in [0.1, 0.15) is 86.1 Å². The molecule has 2 aromatic carbocycles. The lowest BCUT2D eigenvalue weighted by atomic mass is 9.47. The second-order valence-electron chi connectivity index (χ2n) is 12.2. The molecule has 2 saturated carbocycles. The van der Waals surface area contributed by atoms with Gasteiger partial charge in [0.05, 0.1) is 0 Å². The van der Waals surface area contributed by atoms with Crippen molar-refractivity contribution in [2.45, 2.75) is 78.2 Å². The standard InChI is InChI=1S/C30H41NO/c1-19-22-11-12-24-26-15-16-29(2,3)30(26,4)17-25(28(24)23(22)13-14-27(19)32)21-9-7-20(8-10-21)18-31(5)6/h7-10,13-14,24-26,28,32H,11-12,15-18H2,1-6H3/t24?,25-,26?,28?,30+/m1/s1. The molecular weight excluding hydrogens is 390 g/mol. The lowest BCUT2D eigenvalue weighted by Gasteiger charge is -2.57. The van der Waals surface area contributed by atoms with Crippen molar-refractivity contribution in [3.8, 4) is 5.75 Å². The summed E-state index contributed by atoms with van der Waals surface area (Å²) in [5, 5.41) is 10.4. The van der Waals surface area contributed by atoms with Gasteiger partial charge >= 0.3 is 0 Å². The quantitative estimate of drug-likeness (QED) is 0.563. The van der Waals surface area contributed by atoms with Gasteiger partial charge in [-0.3, -0.25) is 0 Å². The van der Waals surface area contributed by atoms with Crippen molar-refractivity contribution in [3.05, 3.63) is 64.2 Å². The molecule has 0 heterocycles. The molecule has 2 fully saturated rings. The minimum absolute atomic E-state index is 0.393. The van der Waals surface area contributed by atoms with E-state index in [-0.39, 0.29) is 0 Å². The van der Waals surface area contributed by atoms with Gasteiger partial charge in [0.25, 0.3) is 0 Å². The Labute approximate surface area is 195 Å².